The van der Waals surface area contributed by atoms with Gasteiger partial charge in [0.2, 0.25) is 0 Å². The second-order valence-electron chi connectivity index (χ2n) is 4.34. The standard InChI is InChI=1S/C13H13BrO2/c1-7-5-8(2)12(9(14)6-7)13-10(15)3-4-11(13)16/h5-6,13H,3-4H2,1-2H3. The smallest absolute Gasteiger partial charge is 0.148 e. The van der Waals surface area contributed by atoms with Gasteiger partial charge in [0.15, 0.2) is 0 Å². The molecule has 1 saturated carbocycles. The average molecular weight is 281 g/mol. The van der Waals surface area contributed by atoms with Crippen molar-refractivity contribution in [3.05, 3.63) is 33.3 Å². The first-order chi connectivity index (χ1) is 7.50. The molecule has 0 bridgehead atoms. The quantitative estimate of drug-likeness (QED) is 0.741. The van der Waals surface area contributed by atoms with Crippen molar-refractivity contribution in [3.63, 3.8) is 0 Å². The highest BCUT2D eigenvalue weighted by atomic mass is 79.9. The third kappa shape index (κ3) is 1.84. The molecule has 0 aliphatic heterocycles. The summed E-state index contributed by atoms with van der Waals surface area (Å²) >= 11 is 3.46. The van der Waals surface area contributed by atoms with Crippen LogP contribution in [0.1, 0.15) is 35.4 Å². The monoisotopic (exact) mass is 280 g/mol. The minimum absolute atomic E-state index is 0.0534. The lowest BCUT2D eigenvalue weighted by molar-refractivity contribution is -0.123. The average Bonchev–Trinajstić information content (AvgIpc) is 2.47. The number of Topliss-reactive ketones (excluding diaryl/α,β-unsaturated/α-hetero) is 2. The van der Waals surface area contributed by atoms with E-state index in [-0.39, 0.29) is 11.6 Å². The zero-order valence-corrected chi connectivity index (χ0v) is 10.9. The minimum Gasteiger partial charge on any atom is -0.299 e. The van der Waals surface area contributed by atoms with Gasteiger partial charge in [-0.15, -0.1) is 0 Å². The molecule has 16 heavy (non-hydrogen) atoms. The summed E-state index contributed by atoms with van der Waals surface area (Å²) in [4.78, 5) is 23.5. The van der Waals surface area contributed by atoms with E-state index < -0.39 is 5.92 Å². The lowest BCUT2D eigenvalue weighted by Gasteiger charge is -2.14. The van der Waals surface area contributed by atoms with E-state index in [9.17, 15) is 9.59 Å². The Morgan fingerprint density at radius 2 is 1.69 bits per heavy atom. The first kappa shape index (κ1) is 11.5. The van der Waals surface area contributed by atoms with Crippen molar-refractivity contribution >= 4 is 27.5 Å². The van der Waals surface area contributed by atoms with Crippen molar-refractivity contribution in [1.82, 2.24) is 0 Å². The second kappa shape index (κ2) is 4.13. The van der Waals surface area contributed by atoms with E-state index in [4.69, 9.17) is 0 Å². The van der Waals surface area contributed by atoms with E-state index in [0.29, 0.717) is 12.8 Å². The molecule has 84 valence electrons. The van der Waals surface area contributed by atoms with Gasteiger partial charge in [-0.25, -0.2) is 0 Å². The Morgan fingerprint density at radius 1 is 1.12 bits per heavy atom. The SMILES string of the molecule is Cc1cc(C)c(C2C(=O)CCC2=O)c(Br)c1. The Morgan fingerprint density at radius 3 is 2.19 bits per heavy atom. The molecule has 2 rings (SSSR count). The molecule has 0 spiro atoms. The summed E-state index contributed by atoms with van der Waals surface area (Å²) in [5, 5.41) is 0. The number of carbonyl (C=O) groups is 2. The number of aryl methyl sites for hydroxylation is 2. The van der Waals surface area contributed by atoms with Crippen LogP contribution in [0, 0.1) is 13.8 Å². The number of ketones is 2. The highest BCUT2D eigenvalue weighted by molar-refractivity contribution is 9.10. The lowest BCUT2D eigenvalue weighted by atomic mass is 9.91. The van der Waals surface area contributed by atoms with Crippen LogP contribution in [-0.2, 0) is 9.59 Å². The molecule has 0 amide bonds. The fourth-order valence-corrected chi connectivity index (χ4v) is 3.23. The first-order valence-electron chi connectivity index (χ1n) is 5.33. The number of halogens is 1. The zero-order chi connectivity index (χ0) is 11.9. The van der Waals surface area contributed by atoms with Crippen molar-refractivity contribution in [2.45, 2.75) is 32.6 Å². The maximum atomic E-state index is 11.7. The van der Waals surface area contributed by atoms with Crippen molar-refractivity contribution in [2.75, 3.05) is 0 Å². The number of rotatable bonds is 1. The van der Waals surface area contributed by atoms with Gasteiger partial charge in [-0.1, -0.05) is 22.0 Å². The van der Waals surface area contributed by atoms with Crippen LogP contribution in [0.3, 0.4) is 0 Å². The fourth-order valence-electron chi connectivity index (χ4n) is 2.33. The molecule has 0 atom stereocenters. The van der Waals surface area contributed by atoms with Crippen molar-refractivity contribution in [2.24, 2.45) is 0 Å². The normalized spacial score (nSPS) is 17.2. The Labute approximate surface area is 103 Å². The lowest BCUT2D eigenvalue weighted by Crippen LogP contribution is -2.14. The van der Waals surface area contributed by atoms with Crippen LogP contribution in [-0.4, -0.2) is 11.6 Å². The van der Waals surface area contributed by atoms with Crippen LogP contribution in [0.4, 0.5) is 0 Å². The minimum atomic E-state index is -0.532. The molecule has 2 nitrogen and oxygen atoms in total. The van der Waals surface area contributed by atoms with E-state index in [1.54, 1.807) is 0 Å². The van der Waals surface area contributed by atoms with E-state index in [1.807, 2.05) is 26.0 Å². The van der Waals surface area contributed by atoms with Crippen molar-refractivity contribution < 1.29 is 9.59 Å². The van der Waals surface area contributed by atoms with E-state index in [1.165, 1.54) is 0 Å². The van der Waals surface area contributed by atoms with E-state index >= 15 is 0 Å². The molecule has 0 aromatic heterocycles. The summed E-state index contributed by atoms with van der Waals surface area (Å²) in [6.45, 7) is 3.95. The third-order valence-electron chi connectivity index (χ3n) is 3.03. The molecule has 1 aromatic carbocycles. The van der Waals surface area contributed by atoms with Gasteiger partial charge in [-0.05, 0) is 36.6 Å². The Balaban J connectivity index is 2.55. The number of carbonyl (C=O) groups excluding carboxylic acids is 2. The molecule has 0 saturated heterocycles. The van der Waals surface area contributed by atoms with Crippen LogP contribution >= 0.6 is 15.9 Å². The maximum absolute atomic E-state index is 11.7. The van der Waals surface area contributed by atoms with Gasteiger partial charge in [0.1, 0.15) is 17.5 Å². The predicted octanol–water partition coefficient (Wildman–Crippen LogP) is 3.08. The van der Waals surface area contributed by atoms with Crippen LogP contribution < -0.4 is 0 Å². The van der Waals surface area contributed by atoms with Gasteiger partial charge < -0.3 is 0 Å². The molecule has 0 radical (unpaired) electrons. The van der Waals surface area contributed by atoms with Crippen LogP contribution in [0.5, 0.6) is 0 Å². The Bertz CT molecular complexity index is 438. The van der Waals surface area contributed by atoms with Gasteiger partial charge in [-0.2, -0.15) is 0 Å². The maximum Gasteiger partial charge on any atom is 0.148 e. The third-order valence-corrected chi connectivity index (χ3v) is 3.69. The fraction of sp³-hybridized carbons (Fsp3) is 0.385. The highest BCUT2D eigenvalue weighted by Crippen LogP contribution is 2.35. The summed E-state index contributed by atoms with van der Waals surface area (Å²) in [5.74, 6) is -0.426. The van der Waals surface area contributed by atoms with Gasteiger partial charge in [0, 0.05) is 17.3 Å². The van der Waals surface area contributed by atoms with Gasteiger partial charge in [0.25, 0.3) is 0 Å². The van der Waals surface area contributed by atoms with Gasteiger partial charge in [-0.3, -0.25) is 9.59 Å². The molecule has 0 N–H and O–H groups in total. The molecule has 1 fully saturated rings. The predicted molar refractivity (Wildman–Crippen MR) is 65.6 cm³/mol. The van der Waals surface area contributed by atoms with Crippen molar-refractivity contribution in [1.29, 1.82) is 0 Å². The largest absolute Gasteiger partial charge is 0.299 e. The number of hydrogen-bond acceptors (Lipinski definition) is 2. The summed E-state index contributed by atoms with van der Waals surface area (Å²) in [6, 6.07) is 3.97. The number of benzene rings is 1. The molecule has 1 aliphatic carbocycles. The first-order valence-corrected chi connectivity index (χ1v) is 6.12. The Hall–Kier alpha value is -0.960. The van der Waals surface area contributed by atoms with E-state index in [0.717, 1.165) is 21.2 Å². The topological polar surface area (TPSA) is 34.1 Å². The molecular weight excluding hydrogens is 268 g/mol. The molecule has 1 aliphatic rings. The summed E-state index contributed by atoms with van der Waals surface area (Å²) in [6.07, 6.45) is 0.784. The number of hydrogen-bond donors (Lipinski definition) is 0. The molecule has 1 aromatic rings. The molecule has 0 unspecified atom stereocenters. The van der Waals surface area contributed by atoms with E-state index in [2.05, 4.69) is 15.9 Å². The van der Waals surface area contributed by atoms with Crippen molar-refractivity contribution in [3.8, 4) is 0 Å². The summed E-state index contributed by atoms with van der Waals surface area (Å²) in [7, 11) is 0. The van der Waals surface area contributed by atoms with Gasteiger partial charge >= 0.3 is 0 Å². The highest BCUT2D eigenvalue weighted by Gasteiger charge is 2.36. The molecule has 3 heteroatoms. The van der Waals surface area contributed by atoms with Crippen LogP contribution in [0.2, 0.25) is 0 Å². The summed E-state index contributed by atoms with van der Waals surface area (Å²) < 4.78 is 0.874. The van der Waals surface area contributed by atoms with Crippen LogP contribution in [0.25, 0.3) is 0 Å². The molecule has 0 heterocycles. The Kier molecular flexibility index (Phi) is 2.98. The van der Waals surface area contributed by atoms with Crippen LogP contribution in [0.15, 0.2) is 16.6 Å². The molecular formula is C13H13BrO2. The van der Waals surface area contributed by atoms with Gasteiger partial charge in [0.05, 0.1) is 0 Å². The zero-order valence-electron chi connectivity index (χ0n) is 9.34. The summed E-state index contributed by atoms with van der Waals surface area (Å²) in [5.41, 5.74) is 3.00. The second-order valence-corrected chi connectivity index (χ2v) is 5.20.